The minimum absolute atomic E-state index is 0.0667. The maximum atomic E-state index is 12.3. The standard InChI is InChI=1S/C18H24N4O2/c19-14(12-5-6-12)11-20-17(23)13-7-9-22(10-8-13)18-21-15-3-1-2-4-16(15)24-18/h1-4,12-14H,5-11,19H2,(H,20,23). The van der Waals surface area contributed by atoms with E-state index in [1.807, 2.05) is 24.3 Å². The molecule has 1 amide bonds. The lowest BCUT2D eigenvalue weighted by Gasteiger charge is -2.30. The van der Waals surface area contributed by atoms with Crippen LogP contribution < -0.4 is 16.0 Å². The van der Waals surface area contributed by atoms with Crippen molar-refractivity contribution in [3.8, 4) is 0 Å². The summed E-state index contributed by atoms with van der Waals surface area (Å²) in [6.45, 7) is 2.19. The molecule has 2 aromatic rings. The first-order chi connectivity index (χ1) is 11.7. The molecule has 1 aromatic carbocycles. The second-order valence-corrected chi connectivity index (χ2v) is 6.97. The molecular weight excluding hydrogens is 304 g/mol. The van der Waals surface area contributed by atoms with Crippen LogP contribution in [0.15, 0.2) is 28.7 Å². The summed E-state index contributed by atoms with van der Waals surface area (Å²) in [6, 6.07) is 8.55. The van der Waals surface area contributed by atoms with Crippen LogP contribution in [-0.4, -0.2) is 36.6 Å². The number of para-hydroxylation sites is 2. The molecule has 1 saturated carbocycles. The van der Waals surface area contributed by atoms with E-state index in [-0.39, 0.29) is 17.9 Å². The van der Waals surface area contributed by atoms with Crippen LogP contribution in [0.4, 0.5) is 6.01 Å². The van der Waals surface area contributed by atoms with E-state index in [1.165, 1.54) is 12.8 Å². The summed E-state index contributed by atoms with van der Waals surface area (Å²) in [5.74, 6) is 0.826. The van der Waals surface area contributed by atoms with Crippen LogP contribution in [0.5, 0.6) is 0 Å². The summed E-state index contributed by atoms with van der Waals surface area (Å²) < 4.78 is 5.81. The van der Waals surface area contributed by atoms with Crippen molar-refractivity contribution in [3.05, 3.63) is 24.3 Å². The van der Waals surface area contributed by atoms with Gasteiger partial charge in [0.05, 0.1) is 0 Å². The lowest BCUT2D eigenvalue weighted by molar-refractivity contribution is -0.125. The maximum absolute atomic E-state index is 12.3. The Morgan fingerprint density at radius 3 is 2.75 bits per heavy atom. The topological polar surface area (TPSA) is 84.4 Å². The molecule has 0 radical (unpaired) electrons. The second kappa shape index (κ2) is 6.43. The van der Waals surface area contributed by atoms with E-state index in [2.05, 4.69) is 15.2 Å². The number of fused-ring (bicyclic) bond motifs is 1. The van der Waals surface area contributed by atoms with Gasteiger partial charge in [-0.25, -0.2) is 0 Å². The minimum atomic E-state index is 0.0667. The van der Waals surface area contributed by atoms with Crippen LogP contribution in [0.3, 0.4) is 0 Å². The van der Waals surface area contributed by atoms with Crippen molar-refractivity contribution in [1.82, 2.24) is 10.3 Å². The van der Waals surface area contributed by atoms with E-state index in [0.717, 1.165) is 37.0 Å². The quantitative estimate of drug-likeness (QED) is 0.876. The fraction of sp³-hybridized carbons (Fsp3) is 0.556. The number of hydrogen-bond donors (Lipinski definition) is 2. The summed E-state index contributed by atoms with van der Waals surface area (Å²) in [6.07, 6.45) is 4.06. The Kier molecular flexibility index (Phi) is 4.14. The van der Waals surface area contributed by atoms with Crippen LogP contribution >= 0.6 is 0 Å². The number of aromatic nitrogens is 1. The SMILES string of the molecule is NC(CNC(=O)C1CCN(c2nc3ccccc3o2)CC1)C1CC1. The summed E-state index contributed by atoms with van der Waals surface area (Å²) in [5.41, 5.74) is 7.73. The van der Waals surface area contributed by atoms with Gasteiger partial charge in [0.25, 0.3) is 6.01 Å². The number of amides is 1. The predicted molar refractivity (Wildman–Crippen MR) is 92.7 cm³/mol. The zero-order valence-corrected chi connectivity index (χ0v) is 13.8. The van der Waals surface area contributed by atoms with Gasteiger partial charge >= 0.3 is 0 Å². The molecule has 128 valence electrons. The molecule has 4 rings (SSSR count). The molecule has 1 aliphatic carbocycles. The number of nitrogens with one attached hydrogen (secondary N) is 1. The van der Waals surface area contributed by atoms with Gasteiger partial charge in [-0.1, -0.05) is 12.1 Å². The Morgan fingerprint density at radius 1 is 1.29 bits per heavy atom. The van der Waals surface area contributed by atoms with Gasteiger partial charge in [0.15, 0.2) is 5.58 Å². The molecule has 6 heteroatoms. The van der Waals surface area contributed by atoms with E-state index >= 15 is 0 Å². The van der Waals surface area contributed by atoms with E-state index in [9.17, 15) is 4.79 Å². The van der Waals surface area contributed by atoms with Crippen molar-refractivity contribution in [2.24, 2.45) is 17.6 Å². The van der Waals surface area contributed by atoms with Crippen LogP contribution in [0.1, 0.15) is 25.7 Å². The highest BCUT2D eigenvalue weighted by atomic mass is 16.4. The first-order valence-corrected chi connectivity index (χ1v) is 8.84. The smallest absolute Gasteiger partial charge is 0.298 e. The van der Waals surface area contributed by atoms with Crippen molar-refractivity contribution >= 4 is 23.0 Å². The molecule has 2 fully saturated rings. The fourth-order valence-electron chi connectivity index (χ4n) is 3.38. The third-order valence-corrected chi connectivity index (χ3v) is 5.16. The van der Waals surface area contributed by atoms with Gasteiger partial charge in [-0.15, -0.1) is 0 Å². The Balaban J connectivity index is 1.30. The average molecular weight is 328 g/mol. The molecule has 2 heterocycles. The highest BCUT2D eigenvalue weighted by Crippen LogP contribution is 2.31. The Morgan fingerprint density at radius 2 is 2.04 bits per heavy atom. The van der Waals surface area contributed by atoms with Gasteiger partial charge in [-0.05, 0) is 43.7 Å². The number of rotatable bonds is 5. The molecule has 1 saturated heterocycles. The molecular formula is C18H24N4O2. The zero-order chi connectivity index (χ0) is 16.5. The summed E-state index contributed by atoms with van der Waals surface area (Å²) in [7, 11) is 0. The van der Waals surface area contributed by atoms with Crippen molar-refractivity contribution in [3.63, 3.8) is 0 Å². The number of carbonyl (C=O) groups excluding carboxylic acids is 1. The van der Waals surface area contributed by atoms with Gasteiger partial charge in [0, 0.05) is 31.6 Å². The number of piperidine rings is 1. The summed E-state index contributed by atoms with van der Waals surface area (Å²) >= 11 is 0. The largest absolute Gasteiger partial charge is 0.423 e. The highest BCUT2D eigenvalue weighted by molar-refractivity contribution is 5.79. The molecule has 3 N–H and O–H groups in total. The van der Waals surface area contributed by atoms with E-state index in [0.29, 0.717) is 18.5 Å². The highest BCUT2D eigenvalue weighted by Gasteiger charge is 2.30. The van der Waals surface area contributed by atoms with E-state index in [4.69, 9.17) is 10.2 Å². The second-order valence-electron chi connectivity index (χ2n) is 6.97. The number of anilines is 1. The van der Waals surface area contributed by atoms with Crippen LogP contribution in [0.25, 0.3) is 11.1 Å². The van der Waals surface area contributed by atoms with Gasteiger partial charge in [0.2, 0.25) is 5.91 Å². The van der Waals surface area contributed by atoms with Gasteiger partial charge in [-0.3, -0.25) is 4.79 Å². The Hall–Kier alpha value is -2.08. The Bertz CT molecular complexity index is 684. The molecule has 0 bridgehead atoms. The van der Waals surface area contributed by atoms with Crippen molar-refractivity contribution in [2.45, 2.75) is 31.7 Å². The third-order valence-electron chi connectivity index (χ3n) is 5.16. The first kappa shape index (κ1) is 15.4. The van der Waals surface area contributed by atoms with Crippen LogP contribution in [0.2, 0.25) is 0 Å². The first-order valence-electron chi connectivity index (χ1n) is 8.84. The van der Waals surface area contributed by atoms with Gasteiger partial charge in [-0.2, -0.15) is 4.98 Å². The normalized spacial score (nSPS) is 20.3. The number of nitrogens with two attached hydrogens (primary N) is 1. The average Bonchev–Trinajstić information content (AvgIpc) is 3.38. The number of benzene rings is 1. The number of hydrogen-bond acceptors (Lipinski definition) is 5. The minimum Gasteiger partial charge on any atom is -0.423 e. The van der Waals surface area contributed by atoms with E-state index in [1.54, 1.807) is 0 Å². The molecule has 1 aliphatic heterocycles. The van der Waals surface area contributed by atoms with Crippen molar-refractivity contribution in [2.75, 3.05) is 24.5 Å². The predicted octanol–water partition coefficient (Wildman–Crippen LogP) is 1.90. The molecule has 1 unspecified atom stereocenters. The summed E-state index contributed by atoms with van der Waals surface area (Å²) in [4.78, 5) is 19.0. The monoisotopic (exact) mass is 328 g/mol. The molecule has 1 aromatic heterocycles. The lowest BCUT2D eigenvalue weighted by Crippen LogP contribution is -2.44. The lowest BCUT2D eigenvalue weighted by atomic mass is 9.96. The van der Waals surface area contributed by atoms with E-state index < -0.39 is 0 Å². The van der Waals surface area contributed by atoms with Crippen LogP contribution in [-0.2, 0) is 4.79 Å². The van der Waals surface area contributed by atoms with Crippen molar-refractivity contribution < 1.29 is 9.21 Å². The number of carbonyl (C=O) groups is 1. The molecule has 6 nitrogen and oxygen atoms in total. The zero-order valence-electron chi connectivity index (χ0n) is 13.8. The molecule has 24 heavy (non-hydrogen) atoms. The number of nitrogens with zero attached hydrogens (tertiary/aromatic N) is 2. The summed E-state index contributed by atoms with van der Waals surface area (Å²) in [5, 5.41) is 3.03. The maximum Gasteiger partial charge on any atom is 0.298 e. The Labute approximate surface area is 141 Å². The fourth-order valence-corrected chi connectivity index (χ4v) is 3.38. The molecule has 1 atom stereocenters. The van der Waals surface area contributed by atoms with Gasteiger partial charge in [0.1, 0.15) is 5.52 Å². The van der Waals surface area contributed by atoms with Gasteiger partial charge < -0.3 is 20.4 Å². The third kappa shape index (κ3) is 3.24. The van der Waals surface area contributed by atoms with Crippen LogP contribution in [0, 0.1) is 11.8 Å². The van der Waals surface area contributed by atoms with Crippen molar-refractivity contribution in [1.29, 1.82) is 0 Å². The molecule has 0 spiro atoms. The number of oxazole rings is 1. The molecule has 2 aliphatic rings.